The van der Waals surface area contributed by atoms with E-state index in [2.05, 4.69) is 77.1 Å². The second kappa shape index (κ2) is 14.6. The number of rotatable bonds is 7. The highest BCUT2D eigenvalue weighted by Crippen LogP contribution is 2.76. The normalized spacial score (nSPS) is 46.6. The molecule has 5 aliphatic carbocycles. The molecule has 304 valence electrons. The SMILES string of the molecule is COC(=O)[C@@]1(C)CC[C@]2(C)CC[C@]3(C)C(=CC[C@@H]4[C@@]5(C)CC[C@H](O[C@H]6O[C@H](COC(C)=O)[C@H](OC(C)=O)[C@H](OC(C)=O)[C@@H]6I)C(C)(C)[C@@H]5CC[C@]43C)[C@@H]2C1. The number of hydrogen-bond donors (Lipinski definition) is 0. The molecule has 6 aliphatic rings. The second-order valence-corrected chi connectivity index (χ2v) is 21.1. The molecular formula is C43H65IO10. The van der Waals surface area contributed by atoms with Crippen LogP contribution in [0.2, 0.25) is 0 Å². The standard InChI is InChI=1S/C43H65IO10/c1-24(45)50-23-29-34(51-25(2)46)35(52-26(3)47)33(44)36(53-29)54-32-15-16-41(8)30(38(32,4)5)14-17-43(10)31(41)13-12-27-28-22-40(7,37(48)49-11)19-18-39(28,6)20-21-42(27,43)9/h12,28-36H,13-23H2,1-11H3/t28-,29+,30-,31+,32-,33-,34-,35+,36+,39+,40-,41-,42+,43+/m0/s1. The van der Waals surface area contributed by atoms with E-state index in [1.54, 1.807) is 5.57 Å². The summed E-state index contributed by atoms with van der Waals surface area (Å²) in [6.07, 6.45) is 9.38. The lowest BCUT2D eigenvalue weighted by Crippen LogP contribution is -2.65. The van der Waals surface area contributed by atoms with Crippen LogP contribution in [0.5, 0.6) is 0 Å². The van der Waals surface area contributed by atoms with Crippen molar-refractivity contribution in [3.8, 4) is 0 Å². The maximum atomic E-state index is 13.1. The number of methoxy groups -OCH3 is 1. The summed E-state index contributed by atoms with van der Waals surface area (Å²) in [5.41, 5.74) is 1.45. The molecule has 0 radical (unpaired) electrons. The molecule has 0 bridgehead atoms. The van der Waals surface area contributed by atoms with Gasteiger partial charge in [0.2, 0.25) is 0 Å². The van der Waals surface area contributed by atoms with Gasteiger partial charge in [-0.25, -0.2) is 0 Å². The number of carbonyl (C=O) groups excluding carboxylic acids is 4. The third-order valence-electron chi connectivity index (χ3n) is 16.4. The van der Waals surface area contributed by atoms with Gasteiger partial charge in [-0.3, -0.25) is 19.2 Å². The van der Waals surface area contributed by atoms with E-state index in [0.29, 0.717) is 17.8 Å². The summed E-state index contributed by atoms with van der Waals surface area (Å²) in [4.78, 5) is 49.4. The predicted octanol–water partition coefficient (Wildman–Crippen LogP) is 8.30. The number of ether oxygens (including phenoxy) is 6. The lowest BCUT2D eigenvalue weighted by atomic mass is 9.33. The lowest BCUT2D eigenvalue weighted by molar-refractivity contribution is -0.295. The minimum atomic E-state index is -0.961. The molecule has 1 aliphatic heterocycles. The zero-order valence-corrected chi connectivity index (χ0v) is 36.7. The van der Waals surface area contributed by atoms with E-state index in [0.717, 1.165) is 51.4 Å². The number of hydrogen-bond acceptors (Lipinski definition) is 10. The molecule has 0 N–H and O–H groups in total. The van der Waals surface area contributed by atoms with Crippen LogP contribution in [0.15, 0.2) is 11.6 Å². The summed E-state index contributed by atoms with van der Waals surface area (Å²) in [5.74, 6) is -0.320. The van der Waals surface area contributed by atoms with Gasteiger partial charge in [-0.05, 0) is 116 Å². The average Bonchev–Trinajstić information content (AvgIpc) is 3.08. The first-order chi connectivity index (χ1) is 25.1. The Balaban J connectivity index is 1.26. The van der Waals surface area contributed by atoms with Crippen LogP contribution in [0.25, 0.3) is 0 Å². The van der Waals surface area contributed by atoms with Gasteiger partial charge in [0.05, 0.1) is 18.6 Å². The van der Waals surface area contributed by atoms with Crippen LogP contribution in [-0.2, 0) is 47.6 Å². The van der Waals surface area contributed by atoms with Crippen molar-refractivity contribution in [1.29, 1.82) is 0 Å². The molecule has 0 unspecified atom stereocenters. The lowest BCUT2D eigenvalue weighted by Gasteiger charge is -2.71. The average molecular weight is 869 g/mol. The highest BCUT2D eigenvalue weighted by Gasteiger charge is 2.68. The Morgan fingerprint density at radius 2 is 1.46 bits per heavy atom. The molecule has 5 fully saturated rings. The Labute approximate surface area is 336 Å². The van der Waals surface area contributed by atoms with E-state index in [1.165, 1.54) is 40.7 Å². The quantitative estimate of drug-likeness (QED) is 0.0617. The first-order valence-corrected chi connectivity index (χ1v) is 21.5. The first-order valence-electron chi connectivity index (χ1n) is 20.3. The summed E-state index contributed by atoms with van der Waals surface area (Å²) in [5, 5.41) is 0. The van der Waals surface area contributed by atoms with Gasteiger partial charge >= 0.3 is 23.9 Å². The molecule has 0 spiro atoms. The van der Waals surface area contributed by atoms with Gasteiger partial charge in [-0.2, -0.15) is 0 Å². The summed E-state index contributed by atoms with van der Waals surface area (Å²) >= 11 is 2.18. The highest BCUT2D eigenvalue weighted by atomic mass is 127. The summed E-state index contributed by atoms with van der Waals surface area (Å²) in [7, 11) is 1.53. The van der Waals surface area contributed by atoms with Crippen molar-refractivity contribution in [2.45, 2.75) is 168 Å². The van der Waals surface area contributed by atoms with E-state index >= 15 is 0 Å². The Morgan fingerprint density at radius 1 is 0.815 bits per heavy atom. The summed E-state index contributed by atoms with van der Waals surface area (Å²) in [6.45, 7) is 20.8. The van der Waals surface area contributed by atoms with Crippen molar-refractivity contribution in [3.05, 3.63) is 11.6 Å². The van der Waals surface area contributed by atoms with E-state index in [1.807, 2.05) is 0 Å². The van der Waals surface area contributed by atoms with Crippen molar-refractivity contribution in [2.75, 3.05) is 13.7 Å². The van der Waals surface area contributed by atoms with Crippen LogP contribution >= 0.6 is 22.6 Å². The van der Waals surface area contributed by atoms with Gasteiger partial charge in [0.1, 0.15) is 16.6 Å². The molecule has 0 aromatic heterocycles. The predicted molar refractivity (Wildman–Crippen MR) is 210 cm³/mol. The number of allylic oxidation sites excluding steroid dienone is 2. The molecule has 54 heavy (non-hydrogen) atoms. The number of carbonyl (C=O) groups is 4. The molecule has 14 atom stereocenters. The van der Waals surface area contributed by atoms with Gasteiger partial charge in [0.25, 0.3) is 0 Å². The van der Waals surface area contributed by atoms with E-state index in [4.69, 9.17) is 28.4 Å². The zero-order chi connectivity index (χ0) is 39.8. The van der Waals surface area contributed by atoms with Crippen LogP contribution < -0.4 is 0 Å². The van der Waals surface area contributed by atoms with Gasteiger partial charge in [0, 0.05) is 20.8 Å². The molecule has 6 rings (SSSR count). The molecule has 10 nitrogen and oxygen atoms in total. The van der Waals surface area contributed by atoms with Crippen LogP contribution in [-0.4, -0.2) is 72.2 Å². The van der Waals surface area contributed by atoms with Gasteiger partial charge in [0.15, 0.2) is 18.5 Å². The Morgan fingerprint density at radius 3 is 2.09 bits per heavy atom. The maximum absolute atomic E-state index is 13.1. The second-order valence-electron chi connectivity index (χ2n) is 19.7. The summed E-state index contributed by atoms with van der Waals surface area (Å²) < 4.78 is 35.1. The maximum Gasteiger partial charge on any atom is 0.311 e. The van der Waals surface area contributed by atoms with E-state index in [-0.39, 0.29) is 45.8 Å². The minimum absolute atomic E-state index is 0.0610. The molecule has 0 amide bonds. The van der Waals surface area contributed by atoms with Gasteiger partial charge in [-0.1, -0.05) is 75.8 Å². The van der Waals surface area contributed by atoms with Crippen molar-refractivity contribution in [2.24, 2.45) is 50.2 Å². The minimum Gasteiger partial charge on any atom is -0.469 e. The number of fused-ring (bicyclic) bond motifs is 7. The molecule has 4 saturated carbocycles. The molecular weight excluding hydrogens is 803 g/mol. The fraction of sp³-hybridized carbons (Fsp3) is 0.860. The molecule has 11 heteroatoms. The molecule has 1 saturated heterocycles. The van der Waals surface area contributed by atoms with E-state index < -0.39 is 51.8 Å². The van der Waals surface area contributed by atoms with Crippen molar-refractivity contribution in [3.63, 3.8) is 0 Å². The van der Waals surface area contributed by atoms with Crippen LogP contribution in [0.3, 0.4) is 0 Å². The van der Waals surface area contributed by atoms with Crippen LogP contribution in [0.4, 0.5) is 0 Å². The fourth-order valence-electron chi connectivity index (χ4n) is 13.1. The van der Waals surface area contributed by atoms with Crippen molar-refractivity contribution < 1.29 is 47.6 Å². The third-order valence-corrected chi connectivity index (χ3v) is 17.7. The fourth-order valence-corrected chi connectivity index (χ4v) is 14.0. The topological polar surface area (TPSA) is 124 Å². The van der Waals surface area contributed by atoms with Crippen LogP contribution in [0.1, 0.15) is 133 Å². The number of halogens is 1. The summed E-state index contributed by atoms with van der Waals surface area (Å²) in [6, 6.07) is 0. The Hall–Kier alpha value is -1.73. The van der Waals surface area contributed by atoms with Crippen molar-refractivity contribution >= 4 is 46.5 Å². The molecule has 1 heterocycles. The van der Waals surface area contributed by atoms with Gasteiger partial charge < -0.3 is 28.4 Å². The van der Waals surface area contributed by atoms with Crippen molar-refractivity contribution in [1.82, 2.24) is 0 Å². The third kappa shape index (κ3) is 6.77. The molecule has 0 aromatic carbocycles. The van der Waals surface area contributed by atoms with Gasteiger partial charge in [-0.15, -0.1) is 0 Å². The molecule has 0 aromatic rings. The monoisotopic (exact) mass is 868 g/mol. The number of esters is 4. The Kier molecular flexibility index (Phi) is 11.3. The Bertz CT molecular complexity index is 1540. The van der Waals surface area contributed by atoms with E-state index in [9.17, 15) is 19.2 Å². The largest absolute Gasteiger partial charge is 0.469 e. The smallest absolute Gasteiger partial charge is 0.311 e. The zero-order valence-electron chi connectivity index (χ0n) is 34.5. The van der Waals surface area contributed by atoms with Crippen LogP contribution in [0, 0.1) is 50.2 Å². The first kappa shape index (κ1) is 41.9. The highest BCUT2D eigenvalue weighted by molar-refractivity contribution is 14.1. The number of alkyl halides is 1.